The van der Waals surface area contributed by atoms with Gasteiger partial charge in [0.2, 0.25) is 0 Å². The van der Waals surface area contributed by atoms with Gasteiger partial charge in [-0.3, -0.25) is 0 Å². The van der Waals surface area contributed by atoms with Gasteiger partial charge in [-0.2, -0.15) is 0 Å². The fourth-order valence-corrected chi connectivity index (χ4v) is 1.90. The van der Waals surface area contributed by atoms with Gasteiger partial charge in [0.05, 0.1) is 5.56 Å². The van der Waals surface area contributed by atoms with E-state index >= 15 is 0 Å². The van der Waals surface area contributed by atoms with Gasteiger partial charge in [0.15, 0.2) is 0 Å². The Bertz CT molecular complexity index is 631. The third-order valence-corrected chi connectivity index (χ3v) is 2.84. The molecule has 0 saturated heterocycles. The Hall–Kier alpha value is -1.95. The van der Waals surface area contributed by atoms with Gasteiger partial charge in [-0.05, 0) is 28.1 Å². The van der Waals surface area contributed by atoms with Crippen LogP contribution in [0.4, 0.5) is 10.2 Å². The van der Waals surface area contributed by atoms with Gasteiger partial charge in [-0.1, -0.05) is 12.1 Å². The minimum Gasteiger partial charge on any atom is -0.478 e. The molecule has 0 atom stereocenters. The summed E-state index contributed by atoms with van der Waals surface area (Å²) in [5.41, 5.74) is 5.74. The van der Waals surface area contributed by atoms with Gasteiger partial charge < -0.3 is 10.8 Å². The van der Waals surface area contributed by atoms with E-state index < -0.39 is 17.3 Å². The topological polar surface area (TPSA) is 76.2 Å². The van der Waals surface area contributed by atoms with E-state index in [2.05, 4.69) is 20.9 Å². The predicted molar refractivity (Wildman–Crippen MR) is 68.7 cm³/mol. The number of halogens is 2. The number of nitrogens with two attached hydrogens (primary N) is 1. The molecule has 18 heavy (non-hydrogen) atoms. The molecule has 0 spiro atoms. The quantitative estimate of drug-likeness (QED) is 0.894. The molecule has 2 aromatic rings. The van der Waals surface area contributed by atoms with Crippen LogP contribution >= 0.6 is 15.9 Å². The number of nitrogens with zero attached hydrogens (tertiary/aromatic N) is 1. The third-order valence-electron chi connectivity index (χ3n) is 2.40. The van der Waals surface area contributed by atoms with E-state index in [4.69, 9.17) is 10.8 Å². The number of carboxylic acids is 1. The maximum Gasteiger partial charge on any atom is 0.338 e. The Labute approximate surface area is 110 Å². The second-order valence-corrected chi connectivity index (χ2v) is 4.47. The number of pyridine rings is 1. The highest BCUT2D eigenvalue weighted by Crippen LogP contribution is 2.30. The van der Waals surface area contributed by atoms with Gasteiger partial charge in [-0.25, -0.2) is 14.2 Å². The Morgan fingerprint density at radius 2 is 2.11 bits per heavy atom. The summed E-state index contributed by atoms with van der Waals surface area (Å²) < 4.78 is 14.7. The molecule has 4 nitrogen and oxygen atoms in total. The van der Waals surface area contributed by atoms with Crippen LogP contribution in [0.3, 0.4) is 0 Å². The zero-order valence-electron chi connectivity index (χ0n) is 9.02. The van der Waals surface area contributed by atoms with E-state index in [-0.39, 0.29) is 11.4 Å². The fraction of sp³-hybridized carbons (Fsp3) is 0. The minimum atomic E-state index is -1.32. The first-order valence-corrected chi connectivity index (χ1v) is 5.73. The Kier molecular flexibility index (Phi) is 3.29. The molecule has 0 radical (unpaired) electrons. The van der Waals surface area contributed by atoms with E-state index in [0.29, 0.717) is 10.0 Å². The number of carboxylic acid groups (broad SMARTS) is 1. The van der Waals surface area contributed by atoms with Crippen LogP contribution in [-0.4, -0.2) is 16.1 Å². The van der Waals surface area contributed by atoms with Crippen LogP contribution in [0, 0.1) is 5.82 Å². The summed E-state index contributed by atoms with van der Waals surface area (Å²) in [6.45, 7) is 0. The standard InChI is InChI=1S/C12H8BrFN2O2/c13-6-4-9(11(15)16-5-6)7-2-1-3-8(10(7)14)12(17)18/h1-5H,(H2,15,16)(H,17,18). The minimum absolute atomic E-state index is 0.112. The number of hydrogen-bond acceptors (Lipinski definition) is 3. The highest BCUT2D eigenvalue weighted by Gasteiger charge is 2.16. The Balaban J connectivity index is 2.68. The molecule has 3 N–H and O–H groups in total. The maximum absolute atomic E-state index is 14.0. The van der Waals surface area contributed by atoms with Crippen molar-refractivity contribution < 1.29 is 14.3 Å². The lowest BCUT2D eigenvalue weighted by molar-refractivity contribution is 0.0692. The molecule has 0 aliphatic heterocycles. The number of carbonyl (C=O) groups is 1. The monoisotopic (exact) mass is 310 g/mol. The van der Waals surface area contributed by atoms with E-state index in [1.165, 1.54) is 24.4 Å². The molecular weight excluding hydrogens is 303 g/mol. The number of anilines is 1. The van der Waals surface area contributed by atoms with E-state index in [1.807, 2.05) is 0 Å². The van der Waals surface area contributed by atoms with Crippen molar-refractivity contribution in [3.63, 3.8) is 0 Å². The van der Waals surface area contributed by atoms with Crippen LogP contribution in [0.15, 0.2) is 34.9 Å². The largest absolute Gasteiger partial charge is 0.478 e. The van der Waals surface area contributed by atoms with Crippen molar-refractivity contribution >= 4 is 27.7 Å². The van der Waals surface area contributed by atoms with E-state index in [1.54, 1.807) is 6.07 Å². The molecule has 0 fully saturated rings. The lowest BCUT2D eigenvalue weighted by atomic mass is 10.0. The summed E-state index contributed by atoms with van der Waals surface area (Å²) >= 11 is 3.21. The molecule has 0 unspecified atom stereocenters. The average Bonchev–Trinajstić information content (AvgIpc) is 2.32. The average molecular weight is 311 g/mol. The van der Waals surface area contributed by atoms with Gasteiger partial charge in [0, 0.05) is 21.8 Å². The SMILES string of the molecule is Nc1ncc(Br)cc1-c1cccc(C(=O)O)c1F. The Morgan fingerprint density at radius 3 is 2.78 bits per heavy atom. The lowest BCUT2D eigenvalue weighted by Gasteiger charge is -2.08. The van der Waals surface area contributed by atoms with Crippen molar-refractivity contribution in [3.8, 4) is 11.1 Å². The molecule has 92 valence electrons. The van der Waals surface area contributed by atoms with Crippen molar-refractivity contribution in [1.82, 2.24) is 4.98 Å². The first-order valence-electron chi connectivity index (χ1n) is 4.94. The number of aromatic carboxylic acids is 1. The number of hydrogen-bond donors (Lipinski definition) is 2. The van der Waals surface area contributed by atoms with Crippen LogP contribution < -0.4 is 5.73 Å². The molecule has 1 aromatic carbocycles. The zero-order valence-corrected chi connectivity index (χ0v) is 10.6. The van der Waals surface area contributed by atoms with Crippen LogP contribution in [0.5, 0.6) is 0 Å². The first-order chi connectivity index (χ1) is 8.50. The van der Waals surface area contributed by atoms with Crippen LogP contribution in [0.1, 0.15) is 10.4 Å². The first kappa shape index (κ1) is 12.5. The summed E-state index contributed by atoms with van der Waals surface area (Å²) in [4.78, 5) is 14.7. The van der Waals surface area contributed by atoms with Crippen LogP contribution in [0.2, 0.25) is 0 Å². The van der Waals surface area contributed by atoms with Crippen LogP contribution in [0.25, 0.3) is 11.1 Å². The molecule has 0 bridgehead atoms. The molecule has 1 heterocycles. The highest BCUT2D eigenvalue weighted by atomic mass is 79.9. The molecule has 1 aromatic heterocycles. The second kappa shape index (κ2) is 4.73. The number of aromatic nitrogens is 1. The fourth-order valence-electron chi connectivity index (χ4n) is 1.57. The molecule has 0 saturated carbocycles. The summed E-state index contributed by atoms with van der Waals surface area (Å²) in [7, 11) is 0. The molecule has 2 rings (SSSR count). The molecule has 0 aliphatic rings. The van der Waals surface area contributed by atoms with E-state index in [0.717, 1.165) is 0 Å². The summed E-state index contributed by atoms with van der Waals surface area (Å²) in [5, 5.41) is 8.86. The van der Waals surface area contributed by atoms with Gasteiger partial charge >= 0.3 is 5.97 Å². The molecular formula is C12H8BrFN2O2. The van der Waals surface area contributed by atoms with Gasteiger partial charge in [0.1, 0.15) is 11.6 Å². The van der Waals surface area contributed by atoms with Crippen molar-refractivity contribution in [1.29, 1.82) is 0 Å². The molecule has 0 aliphatic carbocycles. The van der Waals surface area contributed by atoms with E-state index in [9.17, 15) is 9.18 Å². The Morgan fingerprint density at radius 1 is 1.39 bits per heavy atom. The zero-order chi connectivity index (χ0) is 13.3. The highest BCUT2D eigenvalue weighted by molar-refractivity contribution is 9.10. The summed E-state index contributed by atoms with van der Waals surface area (Å²) in [5.74, 6) is -2.01. The number of benzene rings is 1. The predicted octanol–water partition coefficient (Wildman–Crippen LogP) is 2.93. The lowest BCUT2D eigenvalue weighted by Crippen LogP contribution is -2.03. The molecule has 6 heteroatoms. The summed E-state index contributed by atoms with van der Waals surface area (Å²) in [6, 6.07) is 5.71. The van der Waals surface area contributed by atoms with Gasteiger partial charge in [0.25, 0.3) is 0 Å². The third kappa shape index (κ3) is 2.19. The maximum atomic E-state index is 14.0. The van der Waals surface area contributed by atoms with Gasteiger partial charge in [-0.15, -0.1) is 0 Å². The normalized spacial score (nSPS) is 10.3. The van der Waals surface area contributed by atoms with Crippen LogP contribution in [-0.2, 0) is 0 Å². The number of nitrogen functional groups attached to an aromatic ring is 1. The second-order valence-electron chi connectivity index (χ2n) is 3.56. The molecule has 0 amide bonds. The number of rotatable bonds is 2. The van der Waals surface area contributed by atoms with Crippen molar-refractivity contribution in [2.24, 2.45) is 0 Å². The summed E-state index contributed by atoms with van der Waals surface area (Å²) in [6.07, 6.45) is 1.48. The van der Waals surface area contributed by atoms with Crippen molar-refractivity contribution in [2.75, 3.05) is 5.73 Å². The van der Waals surface area contributed by atoms with Crippen molar-refractivity contribution in [2.45, 2.75) is 0 Å². The van der Waals surface area contributed by atoms with Crippen molar-refractivity contribution in [3.05, 3.63) is 46.3 Å². The smallest absolute Gasteiger partial charge is 0.338 e.